The summed E-state index contributed by atoms with van der Waals surface area (Å²) in [5.74, 6) is 0.499. The number of fused-ring (bicyclic) bond motifs is 3. The van der Waals surface area contributed by atoms with Crippen molar-refractivity contribution in [3.05, 3.63) is 52.6 Å². The van der Waals surface area contributed by atoms with Crippen LogP contribution in [0.25, 0.3) is 5.57 Å². The zero-order valence-corrected chi connectivity index (χ0v) is 17.6. The lowest BCUT2D eigenvalue weighted by molar-refractivity contribution is -0.137. The van der Waals surface area contributed by atoms with Crippen LogP contribution in [0.1, 0.15) is 87.9 Å². The first kappa shape index (κ1) is 20.7. The van der Waals surface area contributed by atoms with Crippen LogP contribution in [0, 0.1) is 5.92 Å². The second-order valence-electron chi connectivity index (χ2n) is 9.32. The molecular formula is C25H32F3N. The molecule has 4 heteroatoms. The third-order valence-electron chi connectivity index (χ3n) is 6.72. The fraction of sp³-hybridized carbons (Fsp3) is 0.600. The first-order valence-corrected chi connectivity index (χ1v) is 11.2. The van der Waals surface area contributed by atoms with Crippen molar-refractivity contribution in [2.24, 2.45) is 5.92 Å². The fourth-order valence-corrected chi connectivity index (χ4v) is 5.37. The first-order chi connectivity index (χ1) is 13.8. The van der Waals surface area contributed by atoms with Crippen LogP contribution in [0.3, 0.4) is 0 Å². The number of rotatable bonds is 3. The van der Waals surface area contributed by atoms with Crippen molar-refractivity contribution in [2.45, 2.75) is 83.5 Å². The third kappa shape index (κ3) is 4.33. The molecule has 4 rings (SSSR count). The number of hydrogen-bond donors (Lipinski definition) is 0. The molecule has 0 unspecified atom stereocenters. The molecule has 1 fully saturated rings. The predicted molar refractivity (Wildman–Crippen MR) is 113 cm³/mol. The van der Waals surface area contributed by atoms with Crippen LogP contribution in [-0.4, -0.2) is 17.5 Å². The molecule has 0 aromatic heterocycles. The van der Waals surface area contributed by atoms with E-state index in [1.165, 1.54) is 37.0 Å². The second kappa shape index (κ2) is 8.29. The quantitative estimate of drug-likeness (QED) is 0.504. The summed E-state index contributed by atoms with van der Waals surface area (Å²) in [6.07, 6.45) is 9.10. The Bertz CT molecular complexity index is 803. The Morgan fingerprint density at radius 3 is 2.66 bits per heavy atom. The van der Waals surface area contributed by atoms with Gasteiger partial charge in [0.1, 0.15) is 0 Å². The van der Waals surface area contributed by atoms with Crippen molar-refractivity contribution < 1.29 is 13.2 Å². The van der Waals surface area contributed by atoms with Crippen molar-refractivity contribution in [2.75, 3.05) is 6.54 Å². The van der Waals surface area contributed by atoms with E-state index in [9.17, 15) is 13.2 Å². The highest BCUT2D eigenvalue weighted by Gasteiger charge is 2.40. The molecule has 2 heterocycles. The zero-order chi connectivity index (χ0) is 20.6. The fourth-order valence-electron chi connectivity index (χ4n) is 5.37. The highest BCUT2D eigenvalue weighted by molar-refractivity contribution is 5.77. The van der Waals surface area contributed by atoms with E-state index >= 15 is 0 Å². The molecule has 0 radical (unpaired) electrons. The Morgan fingerprint density at radius 2 is 1.97 bits per heavy atom. The summed E-state index contributed by atoms with van der Waals surface area (Å²) in [6.45, 7) is 5.48. The molecule has 1 nitrogen and oxygen atoms in total. The van der Waals surface area contributed by atoms with E-state index in [-0.39, 0.29) is 12.1 Å². The first-order valence-electron chi connectivity index (χ1n) is 11.2. The largest absolute Gasteiger partial charge is 0.416 e. The van der Waals surface area contributed by atoms with Gasteiger partial charge in [0.2, 0.25) is 0 Å². The summed E-state index contributed by atoms with van der Waals surface area (Å²) >= 11 is 0. The van der Waals surface area contributed by atoms with E-state index in [0.29, 0.717) is 5.92 Å². The van der Waals surface area contributed by atoms with Crippen LogP contribution in [0.15, 0.2) is 35.9 Å². The molecule has 158 valence electrons. The van der Waals surface area contributed by atoms with Gasteiger partial charge in [-0.05, 0) is 86.2 Å². The molecule has 1 aliphatic carbocycles. The lowest BCUT2D eigenvalue weighted by atomic mass is 9.76. The lowest BCUT2D eigenvalue weighted by Crippen LogP contribution is -2.46. The zero-order valence-electron chi connectivity index (χ0n) is 17.6. The summed E-state index contributed by atoms with van der Waals surface area (Å²) in [4.78, 5) is 2.59. The van der Waals surface area contributed by atoms with E-state index in [4.69, 9.17) is 0 Å². The number of alkyl halides is 3. The number of halogens is 3. The third-order valence-corrected chi connectivity index (χ3v) is 6.72. The Hall–Kier alpha value is -1.55. The Labute approximate surface area is 172 Å². The highest BCUT2D eigenvalue weighted by atomic mass is 19.4. The maximum absolute atomic E-state index is 13.5. The van der Waals surface area contributed by atoms with Crippen molar-refractivity contribution in [1.82, 2.24) is 4.90 Å². The minimum atomic E-state index is -4.30. The van der Waals surface area contributed by atoms with Gasteiger partial charge in [-0.25, -0.2) is 0 Å². The van der Waals surface area contributed by atoms with Gasteiger partial charge in [0.05, 0.1) is 5.56 Å². The van der Waals surface area contributed by atoms with Crippen LogP contribution in [0.4, 0.5) is 13.2 Å². The summed E-state index contributed by atoms with van der Waals surface area (Å²) in [5.41, 5.74) is 3.85. The monoisotopic (exact) mass is 403 g/mol. The Morgan fingerprint density at radius 1 is 1.14 bits per heavy atom. The average molecular weight is 404 g/mol. The van der Waals surface area contributed by atoms with E-state index in [1.54, 1.807) is 6.07 Å². The molecule has 1 aromatic carbocycles. The molecule has 29 heavy (non-hydrogen) atoms. The number of nitrogens with zero attached hydrogens (tertiary/aromatic N) is 1. The summed E-state index contributed by atoms with van der Waals surface area (Å²) < 4.78 is 40.6. The molecule has 2 aliphatic heterocycles. The smallest absolute Gasteiger partial charge is 0.289 e. The van der Waals surface area contributed by atoms with Crippen LogP contribution < -0.4 is 0 Å². The second-order valence-corrected chi connectivity index (χ2v) is 9.32. The predicted octanol–water partition coefficient (Wildman–Crippen LogP) is 7.54. The minimum Gasteiger partial charge on any atom is -0.289 e. The molecule has 0 saturated carbocycles. The van der Waals surface area contributed by atoms with Crippen LogP contribution in [-0.2, 0) is 6.18 Å². The van der Waals surface area contributed by atoms with Gasteiger partial charge in [-0.3, -0.25) is 4.90 Å². The summed E-state index contributed by atoms with van der Waals surface area (Å²) in [5, 5.41) is 0. The highest BCUT2D eigenvalue weighted by Crippen LogP contribution is 2.47. The van der Waals surface area contributed by atoms with Crippen molar-refractivity contribution >= 4 is 5.57 Å². The maximum atomic E-state index is 13.5. The number of hydrogen-bond acceptors (Lipinski definition) is 1. The molecule has 2 atom stereocenters. The molecule has 1 aromatic rings. The van der Waals surface area contributed by atoms with Gasteiger partial charge in [0, 0.05) is 12.1 Å². The van der Waals surface area contributed by atoms with Crippen molar-refractivity contribution in [3.8, 4) is 0 Å². The topological polar surface area (TPSA) is 3.24 Å². The van der Waals surface area contributed by atoms with Gasteiger partial charge in [-0.2, -0.15) is 13.2 Å². The summed E-state index contributed by atoms with van der Waals surface area (Å²) in [6, 6.07) is 4.94. The molecular weight excluding hydrogens is 371 g/mol. The molecule has 3 aliphatic rings. The van der Waals surface area contributed by atoms with Gasteiger partial charge in [-0.1, -0.05) is 44.1 Å². The molecule has 0 spiro atoms. The van der Waals surface area contributed by atoms with Gasteiger partial charge in [0.25, 0.3) is 0 Å². The Balaban J connectivity index is 1.88. The van der Waals surface area contributed by atoms with Gasteiger partial charge in [-0.15, -0.1) is 0 Å². The SMILES string of the molecule is CC(C)C[C@H]1/C(=C\C2=CCCCC2)c2cc(C(F)(F)F)ccc2[C@@H]2CCCCN12. The molecule has 1 saturated heterocycles. The standard InChI is InChI=1S/C25H32F3N/c1-17(2)14-24-22(15-18-8-4-3-5-9-18)21-16-19(25(26,27)28)11-12-20(21)23-10-6-7-13-29(23)24/h8,11-12,15-17,23-24H,3-7,9-10,13-14H2,1-2H3/b22-15-/t23-,24-/m0/s1. The average Bonchev–Trinajstić information content (AvgIpc) is 2.70. The van der Waals surface area contributed by atoms with Gasteiger partial charge in [0.15, 0.2) is 0 Å². The van der Waals surface area contributed by atoms with E-state index in [2.05, 4.69) is 30.9 Å². The van der Waals surface area contributed by atoms with E-state index in [1.807, 2.05) is 0 Å². The maximum Gasteiger partial charge on any atom is 0.416 e. The van der Waals surface area contributed by atoms with E-state index in [0.717, 1.165) is 55.3 Å². The normalized spacial score (nSPS) is 27.0. The number of piperidine rings is 1. The van der Waals surface area contributed by atoms with Gasteiger partial charge < -0.3 is 0 Å². The minimum absolute atomic E-state index is 0.208. The van der Waals surface area contributed by atoms with Crippen LogP contribution in [0.5, 0.6) is 0 Å². The summed E-state index contributed by atoms with van der Waals surface area (Å²) in [7, 11) is 0. The van der Waals surface area contributed by atoms with Crippen molar-refractivity contribution in [1.29, 1.82) is 0 Å². The molecule has 0 amide bonds. The van der Waals surface area contributed by atoms with Crippen LogP contribution >= 0.6 is 0 Å². The van der Waals surface area contributed by atoms with Crippen molar-refractivity contribution in [3.63, 3.8) is 0 Å². The van der Waals surface area contributed by atoms with Crippen LogP contribution in [0.2, 0.25) is 0 Å². The molecule has 0 N–H and O–H groups in total. The lowest BCUT2D eigenvalue weighted by Gasteiger charge is -2.48. The number of allylic oxidation sites excluding steroid dienone is 3. The number of benzene rings is 1. The van der Waals surface area contributed by atoms with E-state index < -0.39 is 11.7 Å². The van der Waals surface area contributed by atoms with Gasteiger partial charge >= 0.3 is 6.18 Å². The Kier molecular flexibility index (Phi) is 5.92. The molecule has 0 bridgehead atoms.